The van der Waals surface area contributed by atoms with E-state index in [0.29, 0.717) is 6.54 Å². The Hall–Kier alpha value is -2.66. The molecule has 22 heavy (non-hydrogen) atoms. The van der Waals surface area contributed by atoms with E-state index in [4.69, 9.17) is 11.5 Å². The van der Waals surface area contributed by atoms with E-state index < -0.39 is 0 Å². The van der Waals surface area contributed by atoms with Gasteiger partial charge in [-0.3, -0.25) is 4.98 Å². The molecular formula is C17H16N4S. The summed E-state index contributed by atoms with van der Waals surface area (Å²) in [5, 5.41) is 0. The molecule has 0 spiro atoms. The average Bonchev–Trinajstić information content (AvgIpc) is 3.08. The van der Waals surface area contributed by atoms with Gasteiger partial charge in [0.15, 0.2) is 5.96 Å². The van der Waals surface area contributed by atoms with Crippen LogP contribution in [-0.4, -0.2) is 10.9 Å². The van der Waals surface area contributed by atoms with Gasteiger partial charge in [-0.25, -0.2) is 4.99 Å². The summed E-state index contributed by atoms with van der Waals surface area (Å²) >= 11 is 1.64. The van der Waals surface area contributed by atoms with E-state index in [1.807, 2.05) is 23.8 Å². The lowest BCUT2D eigenvalue weighted by atomic mass is 10.0. The summed E-state index contributed by atoms with van der Waals surface area (Å²) < 4.78 is 0. The van der Waals surface area contributed by atoms with Crippen molar-refractivity contribution in [3.8, 4) is 21.6 Å². The van der Waals surface area contributed by atoms with E-state index >= 15 is 0 Å². The minimum absolute atomic E-state index is 0.110. The molecule has 4 nitrogen and oxygen atoms in total. The highest BCUT2D eigenvalue weighted by atomic mass is 32.1. The van der Waals surface area contributed by atoms with Crippen molar-refractivity contribution >= 4 is 17.3 Å². The summed E-state index contributed by atoms with van der Waals surface area (Å²) in [5.74, 6) is 0.110. The molecule has 110 valence electrons. The topological polar surface area (TPSA) is 77.3 Å². The van der Waals surface area contributed by atoms with Crippen LogP contribution in [0, 0.1) is 0 Å². The lowest BCUT2D eigenvalue weighted by molar-refractivity contribution is 1.06. The Bertz CT molecular complexity index is 773. The second-order valence-electron chi connectivity index (χ2n) is 4.88. The third kappa shape index (κ3) is 3.32. The summed E-state index contributed by atoms with van der Waals surface area (Å²) in [6, 6.07) is 16.7. The van der Waals surface area contributed by atoms with Gasteiger partial charge in [0.2, 0.25) is 0 Å². The molecule has 0 fully saturated rings. The third-order valence-corrected chi connectivity index (χ3v) is 4.13. The van der Waals surface area contributed by atoms with Crippen molar-refractivity contribution in [3.63, 3.8) is 0 Å². The van der Waals surface area contributed by atoms with Gasteiger partial charge >= 0.3 is 0 Å². The second kappa shape index (κ2) is 6.41. The van der Waals surface area contributed by atoms with Crippen molar-refractivity contribution in [1.82, 2.24) is 4.98 Å². The number of nitrogens with zero attached hydrogens (tertiary/aromatic N) is 2. The van der Waals surface area contributed by atoms with Gasteiger partial charge in [-0.1, -0.05) is 42.5 Å². The average molecular weight is 308 g/mol. The number of aliphatic imine (C=N–C) groups is 1. The number of hydrogen-bond donors (Lipinski definition) is 2. The maximum atomic E-state index is 5.38. The molecule has 0 amide bonds. The van der Waals surface area contributed by atoms with Crippen LogP contribution >= 0.6 is 11.3 Å². The van der Waals surface area contributed by atoms with Crippen molar-refractivity contribution in [3.05, 3.63) is 65.8 Å². The molecule has 0 saturated carbocycles. The summed E-state index contributed by atoms with van der Waals surface area (Å²) in [7, 11) is 0. The molecule has 2 aromatic carbocycles. The van der Waals surface area contributed by atoms with Gasteiger partial charge in [-0.2, -0.15) is 0 Å². The first-order valence-corrected chi connectivity index (χ1v) is 7.74. The Balaban J connectivity index is 1.85. The van der Waals surface area contributed by atoms with E-state index in [2.05, 4.69) is 46.4 Å². The van der Waals surface area contributed by atoms with Crippen LogP contribution < -0.4 is 11.5 Å². The number of guanidine groups is 1. The normalized spacial score (nSPS) is 10.4. The predicted molar refractivity (Wildman–Crippen MR) is 92.5 cm³/mol. The highest BCUT2D eigenvalue weighted by molar-refractivity contribution is 7.13. The lowest BCUT2D eigenvalue weighted by Gasteiger charge is -2.05. The van der Waals surface area contributed by atoms with Crippen LogP contribution in [0.1, 0.15) is 5.56 Å². The molecule has 0 aliphatic carbocycles. The summed E-state index contributed by atoms with van der Waals surface area (Å²) in [6.07, 6.45) is 1.88. The van der Waals surface area contributed by atoms with Crippen LogP contribution in [0.3, 0.4) is 0 Å². The molecule has 0 unspecified atom stereocenters. The van der Waals surface area contributed by atoms with Gasteiger partial charge in [0.1, 0.15) is 0 Å². The summed E-state index contributed by atoms with van der Waals surface area (Å²) in [4.78, 5) is 9.33. The third-order valence-electron chi connectivity index (χ3n) is 3.31. The molecular weight excluding hydrogens is 292 g/mol. The molecule has 0 bridgehead atoms. The minimum Gasteiger partial charge on any atom is -0.370 e. The highest BCUT2D eigenvalue weighted by Gasteiger charge is 2.02. The smallest absolute Gasteiger partial charge is 0.186 e. The maximum Gasteiger partial charge on any atom is 0.186 e. The van der Waals surface area contributed by atoms with Crippen molar-refractivity contribution in [2.75, 3.05) is 0 Å². The zero-order valence-electron chi connectivity index (χ0n) is 11.9. The molecule has 5 heteroatoms. The molecule has 0 aliphatic heterocycles. The first-order chi connectivity index (χ1) is 10.7. The monoisotopic (exact) mass is 308 g/mol. The van der Waals surface area contributed by atoms with Crippen LogP contribution in [0.15, 0.2) is 65.2 Å². The second-order valence-corrected chi connectivity index (χ2v) is 5.77. The van der Waals surface area contributed by atoms with E-state index in [9.17, 15) is 0 Å². The van der Waals surface area contributed by atoms with Crippen molar-refractivity contribution in [2.24, 2.45) is 16.5 Å². The molecule has 1 aromatic heterocycles. The van der Waals surface area contributed by atoms with Crippen molar-refractivity contribution < 1.29 is 0 Å². The van der Waals surface area contributed by atoms with Crippen molar-refractivity contribution in [2.45, 2.75) is 6.54 Å². The number of hydrogen-bond acceptors (Lipinski definition) is 3. The van der Waals surface area contributed by atoms with Gasteiger partial charge in [0.05, 0.1) is 16.9 Å². The zero-order chi connectivity index (χ0) is 15.4. The fourth-order valence-corrected chi connectivity index (χ4v) is 2.85. The number of benzene rings is 2. The first kappa shape index (κ1) is 14.3. The molecule has 0 aliphatic rings. The summed E-state index contributed by atoms with van der Waals surface area (Å²) in [6.45, 7) is 0.495. The molecule has 3 aromatic rings. The van der Waals surface area contributed by atoms with Gasteiger partial charge in [-0.15, -0.1) is 11.3 Å². The zero-order valence-corrected chi connectivity index (χ0v) is 12.8. The van der Waals surface area contributed by atoms with Crippen LogP contribution in [0.2, 0.25) is 0 Å². The molecule has 1 heterocycles. The van der Waals surface area contributed by atoms with Crippen molar-refractivity contribution in [1.29, 1.82) is 0 Å². The minimum atomic E-state index is 0.110. The number of rotatable bonds is 4. The van der Waals surface area contributed by atoms with E-state index in [0.717, 1.165) is 11.1 Å². The van der Waals surface area contributed by atoms with Crippen LogP contribution in [-0.2, 0) is 6.54 Å². The Morgan fingerprint density at radius 3 is 2.45 bits per heavy atom. The van der Waals surface area contributed by atoms with E-state index in [1.54, 1.807) is 11.3 Å². The Kier molecular flexibility index (Phi) is 4.16. The van der Waals surface area contributed by atoms with E-state index in [-0.39, 0.29) is 5.96 Å². The number of aromatic nitrogens is 1. The summed E-state index contributed by atoms with van der Waals surface area (Å²) in [5.41, 5.74) is 17.2. The molecule has 0 saturated heterocycles. The fraction of sp³-hybridized carbons (Fsp3) is 0.0588. The standard InChI is InChI=1S/C17H16N4S/c18-17(19)21-9-12-2-1-3-15(8-12)13-4-6-14(7-5-13)16-10-20-11-22-16/h1-8,10-11H,9H2,(H4,18,19,21). The molecule has 4 N–H and O–H groups in total. The van der Waals surface area contributed by atoms with E-state index in [1.165, 1.54) is 16.0 Å². The number of nitrogens with two attached hydrogens (primary N) is 2. The molecule has 3 rings (SSSR count). The van der Waals surface area contributed by atoms with Gasteiger partial charge in [-0.05, 0) is 28.3 Å². The largest absolute Gasteiger partial charge is 0.370 e. The Morgan fingerprint density at radius 2 is 1.77 bits per heavy atom. The SMILES string of the molecule is NC(N)=NCc1cccc(-c2ccc(-c3cncs3)cc2)c1. The maximum absolute atomic E-state index is 5.38. The van der Waals surface area contributed by atoms with Gasteiger partial charge < -0.3 is 11.5 Å². The predicted octanol–water partition coefficient (Wildman–Crippen LogP) is 3.25. The van der Waals surface area contributed by atoms with Gasteiger partial charge in [0.25, 0.3) is 0 Å². The van der Waals surface area contributed by atoms with Gasteiger partial charge in [0, 0.05) is 6.20 Å². The lowest BCUT2D eigenvalue weighted by Crippen LogP contribution is -2.22. The molecule has 0 radical (unpaired) electrons. The Morgan fingerprint density at radius 1 is 1.00 bits per heavy atom. The first-order valence-electron chi connectivity index (χ1n) is 6.86. The van der Waals surface area contributed by atoms with Crippen LogP contribution in [0.5, 0.6) is 0 Å². The fourth-order valence-electron chi connectivity index (χ4n) is 2.22. The number of thiazole rings is 1. The quantitative estimate of drug-likeness (QED) is 0.573. The Labute approximate surface area is 133 Å². The molecule has 0 atom stereocenters. The van der Waals surface area contributed by atoms with Crippen LogP contribution in [0.4, 0.5) is 0 Å². The van der Waals surface area contributed by atoms with Crippen LogP contribution in [0.25, 0.3) is 21.6 Å². The highest BCUT2D eigenvalue weighted by Crippen LogP contribution is 2.27.